The van der Waals surface area contributed by atoms with Crippen LogP contribution < -0.4 is 10.6 Å². The number of ether oxygens (including phenoxy) is 6. The molecule has 0 radical (unpaired) electrons. The summed E-state index contributed by atoms with van der Waals surface area (Å²) in [7, 11) is 0. The molecule has 0 bridgehead atoms. The van der Waals surface area contributed by atoms with E-state index in [1.807, 2.05) is 0 Å². The summed E-state index contributed by atoms with van der Waals surface area (Å²) in [6, 6.07) is -2.53. The Morgan fingerprint density at radius 1 is 0.662 bits per heavy atom. The fourth-order valence-electron chi connectivity index (χ4n) is 10.1. The molecule has 23 heteroatoms. The normalized spacial score (nSPS) is 31.4. The van der Waals surface area contributed by atoms with Crippen LogP contribution in [0.25, 0.3) is 0 Å². The summed E-state index contributed by atoms with van der Waals surface area (Å²) in [4.78, 5) is 38.3. The number of aliphatic hydroxyl groups is 11. The average Bonchev–Trinajstić information content (AvgIpc) is 3.40. The van der Waals surface area contributed by atoms with Gasteiger partial charge in [-0.15, -0.1) is 0 Å². The number of carbonyl (C=O) groups is 3. The largest absolute Gasteiger partial charge is 0.477 e. The molecule has 3 saturated heterocycles. The molecule has 450 valence electrons. The maximum Gasteiger partial charge on any atom is 0.364 e. The van der Waals surface area contributed by atoms with Crippen molar-refractivity contribution in [3.05, 3.63) is 12.2 Å². The maximum absolute atomic E-state index is 13.3. The number of nitrogens with one attached hydrogen (secondary N) is 2. The fraction of sp³-hybridized carbons (Fsp3) is 0.907. The highest BCUT2D eigenvalue weighted by molar-refractivity contribution is 5.77. The standard InChI is InChI=1S/C54H98N2O21/c1-4-6-8-10-12-14-16-18-20-22-24-26-28-41(64)56-35(36(61)27-25-23-21-19-17-15-13-11-9-7-5-2)33-72-51-46(68)45(67)48(40(32-59)74-51)75-52-47(69)50(44(66)39(31-58)73-52)77-54(53(70)71)29-37(62)42(55-34(3)60)49(76-54)43(65)38(63)30-57/h12,14,35-40,42-52,57-59,61-63,65-69H,4-11,13,15-33H2,1-3H3,(H,55,60)(H,56,64)(H,70,71)/b14-12-. The van der Waals surface area contributed by atoms with Crippen LogP contribution in [-0.2, 0) is 42.8 Å². The van der Waals surface area contributed by atoms with Gasteiger partial charge in [0.2, 0.25) is 11.8 Å². The Hall–Kier alpha value is -2.53. The number of rotatable bonds is 40. The van der Waals surface area contributed by atoms with Gasteiger partial charge < -0.3 is 100 Å². The lowest BCUT2D eigenvalue weighted by molar-refractivity contribution is -0.386. The molecule has 3 fully saturated rings. The van der Waals surface area contributed by atoms with Gasteiger partial charge in [-0.25, -0.2) is 4.79 Å². The van der Waals surface area contributed by atoms with Gasteiger partial charge in [0, 0.05) is 19.8 Å². The number of aliphatic hydroxyl groups excluding tert-OH is 11. The van der Waals surface area contributed by atoms with Crippen LogP contribution in [0.3, 0.4) is 0 Å². The van der Waals surface area contributed by atoms with Crippen molar-refractivity contribution in [1.82, 2.24) is 10.6 Å². The SMILES string of the molecule is CCCCC/C=C\CCCCCCCC(=O)NC(COC1OC(CO)C(OC2OC(CO)C(O)C(OC3(C(=O)O)CC(O)C(NC(C)=O)C(C(O)C(O)CO)O3)C2O)C(O)C1O)C(O)CCCCCCCCCCCCC. The Morgan fingerprint density at radius 2 is 1.21 bits per heavy atom. The summed E-state index contributed by atoms with van der Waals surface area (Å²) in [5.41, 5.74) is 0. The van der Waals surface area contributed by atoms with Gasteiger partial charge in [-0.05, 0) is 38.5 Å². The second kappa shape index (κ2) is 37.5. The summed E-state index contributed by atoms with van der Waals surface area (Å²) in [6.45, 7) is 2.09. The Labute approximate surface area is 454 Å². The van der Waals surface area contributed by atoms with Crippen molar-refractivity contribution in [2.45, 2.75) is 285 Å². The van der Waals surface area contributed by atoms with Crippen LogP contribution in [0.1, 0.15) is 175 Å². The van der Waals surface area contributed by atoms with E-state index in [-0.39, 0.29) is 18.9 Å². The number of carbonyl (C=O) groups excluding carboxylic acids is 2. The van der Waals surface area contributed by atoms with Gasteiger partial charge in [0.15, 0.2) is 12.6 Å². The van der Waals surface area contributed by atoms with Crippen molar-refractivity contribution < 1.29 is 104 Å². The first-order valence-electron chi connectivity index (χ1n) is 28.5. The van der Waals surface area contributed by atoms with Crippen molar-refractivity contribution in [2.75, 3.05) is 26.4 Å². The third-order valence-corrected chi connectivity index (χ3v) is 14.7. The van der Waals surface area contributed by atoms with Crippen molar-refractivity contribution in [3.63, 3.8) is 0 Å². The van der Waals surface area contributed by atoms with E-state index in [1.165, 1.54) is 57.8 Å². The molecule has 18 unspecified atom stereocenters. The number of allylic oxidation sites excluding steroid dienone is 2. The Kier molecular flexibility index (Phi) is 33.5. The first kappa shape index (κ1) is 68.7. The van der Waals surface area contributed by atoms with Gasteiger partial charge in [0.1, 0.15) is 67.1 Å². The van der Waals surface area contributed by atoms with Crippen LogP contribution in [0, 0.1) is 0 Å². The number of carboxylic acids is 1. The number of carboxylic acid groups (broad SMARTS) is 1. The number of unbranched alkanes of at least 4 members (excludes halogenated alkanes) is 18. The summed E-state index contributed by atoms with van der Waals surface area (Å²) in [5, 5.41) is 135. The zero-order valence-corrected chi connectivity index (χ0v) is 45.8. The molecule has 14 N–H and O–H groups in total. The molecule has 18 atom stereocenters. The molecule has 0 aliphatic carbocycles. The molecule has 2 amide bonds. The number of hydrogen-bond donors (Lipinski definition) is 14. The van der Waals surface area contributed by atoms with Gasteiger partial charge in [0.25, 0.3) is 5.79 Å². The topological polar surface area (TPSA) is 373 Å². The smallest absolute Gasteiger partial charge is 0.364 e. The predicted molar refractivity (Wildman–Crippen MR) is 278 cm³/mol. The van der Waals surface area contributed by atoms with Crippen LogP contribution in [0.15, 0.2) is 12.2 Å². The zero-order chi connectivity index (χ0) is 56.9. The molecule has 23 nitrogen and oxygen atoms in total. The summed E-state index contributed by atoms with van der Waals surface area (Å²) in [5.74, 6) is -6.12. The minimum absolute atomic E-state index is 0.213. The van der Waals surface area contributed by atoms with Crippen LogP contribution >= 0.6 is 0 Å². The van der Waals surface area contributed by atoms with Crippen LogP contribution in [0.2, 0.25) is 0 Å². The Morgan fingerprint density at radius 3 is 1.78 bits per heavy atom. The highest BCUT2D eigenvalue weighted by atomic mass is 16.8. The highest BCUT2D eigenvalue weighted by Gasteiger charge is 2.60. The molecule has 77 heavy (non-hydrogen) atoms. The van der Waals surface area contributed by atoms with E-state index in [1.54, 1.807) is 0 Å². The molecular formula is C54H98N2O21. The molecule has 3 aliphatic heterocycles. The second-order valence-electron chi connectivity index (χ2n) is 21.1. The quantitative estimate of drug-likeness (QED) is 0.0303. The number of aliphatic carboxylic acids is 1. The molecule has 3 aliphatic rings. The monoisotopic (exact) mass is 1110 g/mol. The first-order chi connectivity index (χ1) is 36.9. The molecule has 0 aromatic rings. The minimum atomic E-state index is -3.08. The summed E-state index contributed by atoms with van der Waals surface area (Å²) < 4.78 is 34.6. The summed E-state index contributed by atoms with van der Waals surface area (Å²) in [6.07, 6.45) is -1.61. The van der Waals surface area contributed by atoms with Gasteiger partial charge in [-0.1, -0.05) is 129 Å². The lowest BCUT2D eigenvalue weighted by Gasteiger charge is -2.50. The fourth-order valence-corrected chi connectivity index (χ4v) is 10.1. The van der Waals surface area contributed by atoms with Crippen LogP contribution in [0.5, 0.6) is 0 Å². The van der Waals surface area contributed by atoms with Crippen molar-refractivity contribution >= 4 is 17.8 Å². The predicted octanol–water partition coefficient (Wildman–Crippen LogP) is 1.21. The van der Waals surface area contributed by atoms with E-state index in [2.05, 4.69) is 36.6 Å². The van der Waals surface area contributed by atoms with E-state index in [0.717, 1.165) is 71.1 Å². The van der Waals surface area contributed by atoms with E-state index >= 15 is 0 Å². The average molecular weight is 1110 g/mol. The number of amides is 2. The Bertz CT molecular complexity index is 1650. The Balaban J connectivity index is 1.70. The van der Waals surface area contributed by atoms with E-state index in [4.69, 9.17) is 28.4 Å². The lowest BCUT2D eigenvalue weighted by atomic mass is 9.88. The molecule has 3 rings (SSSR count). The van der Waals surface area contributed by atoms with Gasteiger partial charge >= 0.3 is 5.97 Å². The third kappa shape index (κ3) is 22.7. The molecule has 0 aromatic carbocycles. The number of hydrogen-bond acceptors (Lipinski definition) is 20. The third-order valence-electron chi connectivity index (χ3n) is 14.7. The van der Waals surface area contributed by atoms with Gasteiger partial charge in [0.05, 0.1) is 50.7 Å². The highest BCUT2D eigenvalue weighted by Crippen LogP contribution is 2.38. The van der Waals surface area contributed by atoms with E-state index in [0.29, 0.717) is 19.3 Å². The lowest BCUT2D eigenvalue weighted by Crippen LogP contribution is -2.70. The molecule has 0 spiro atoms. The van der Waals surface area contributed by atoms with Crippen molar-refractivity contribution in [1.29, 1.82) is 0 Å². The van der Waals surface area contributed by atoms with Crippen molar-refractivity contribution in [2.24, 2.45) is 0 Å². The molecule has 3 heterocycles. The van der Waals surface area contributed by atoms with Crippen LogP contribution in [-0.4, -0.2) is 215 Å². The second-order valence-corrected chi connectivity index (χ2v) is 21.1. The molecular weight excluding hydrogens is 1010 g/mol. The summed E-state index contributed by atoms with van der Waals surface area (Å²) >= 11 is 0. The van der Waals surface area contributed by atoms with Crippen LogP contribution in [0.4, 0.5) is 0 Å². The molecule has 0 saturated carbocycles. The van der Waals surface area contributed by atoms with E-state index < -0.39 is 148 Å². The minimum Gasteiger partial charge on any atom is -0.477 e. The zero-order valence-electron chi connectivity index (χ0n) is 45.8. The molecule has 0 aromatic heterocycles. The van der Waals surface area contributed by atoms with Crippen molar-refractivity contribution in [3.8, 4) is 0 Å². The maximum atomic E-state index is 13.3. The van der Waals surface area contributed by atoms with Gasteiger partial charge in [-0.2, -0.15) is 0 Å². The first-order valence-corrected chi connectivity index (χ1v) is 28.5. The van der Waals surface area contributed by atoms with Gasteiger partial charge in [-0.3, -0.25) is 9.59 Å². The van der Waals surface area contributed by atoms with E-state index in [9.17, 15) is 75.7 Å².